The minimum absolute atomic E-state index is 0.408. The van der Waals surface area contributed by atoms with Crippen LogP contribution in [0.2, 0.25) is 5.15 Å². The molecule has 0 radical (unpaired) electrons. The highest BCUT2D eigenvalue weighted by Crippen LogP contribution is 2.31. The van der Waals surface area contributed by atoms with E-state index in [1.807, 2.05) is 18.3 Å². The van der Waals surface area contributed by atoms with Gasteiger partial charge in [0.15, 0.2) is 0 Å². The summed E-state index contributed by atoms with van der Waals surface area (Å²) in [5.41, 5.74) is 1.08. The van der Waals surface area contributed by atoms with Gasteiger partial charge in [0.25, 0.3) is 0 Å². The highest BCUT2D eigenvalue weighted by molar-refractivity contribution is 6.29. The largest absolute Gasteiger partial charge is 0.294 e. The van der Waals surface area contributed by atoms with Crippen LogP contribution in [0.1, 0.15) is 38.1 Å². The summed E-state index contributed by atoms with van der Waals surface area (Å²) in [6.45, 7) is 4.46. The molecule has 18 heavy (non-hydrogen) atoms. The fraction of sp³-hybridized carbons (Fsp3) is 0.500. The molecule has 1 aliphatic rings. The summed E-state index contributed by atoms with van der Waals surface area (Å²) in [7, 11) is 0. The van der Waals surface area contributed by atoms with Crippen LogP contribution in [0.25, 0.3) is 5.52 Å². The third kappa shape index (κ3) is 1.91. The van der Waals surface area contributed by atoms with Crippen LogP contribution in [0.3, 0.4) is 0 Å². The lowest BCUT2D eigenvalue weighted by Crippen LogP contribution is -2.34. The Morgan fingerprint density at radius 2 is 2.28 bits per heavy atom. The Morgan fingerprint density at radius 3 is 3.11 bits per heavy atom. The summed E-state index contributed by atoms with van der Waals surface area (Å²) in [6, 6.07) is 6.37. The predicted molar refractivity (Wildman–Crippen MR) is 74.0 cm³/mol. The highest BCUT2D eigenvalue weighted by Gasteiger charge is 2.26. The third-order valence-corrected chi connectivity index (χ3v) is 4.14. The molecule has 3 nitrogen and oxygen atoms in total. The Labute approximate surface area is 112 Å². The molecule has 1 unspecified atom stereocenters. The SMILES string of the molecule is CCN1CCCCC1c1ncc2cccc(Cl)n12. The van der Waals surface area contributed by atoms with Crippen molar-refractivity contribution in [1.82, 2.24) is 14.3 Å². The number of nitrogens with zero attached hydrogens (tertiary/aromatic N) is 3. The van der Waals surface area contributed by atoms with Gasteiger partial charge in [-0.05, 0) is 38.1 Å². The van der Waals surface area contributed by atoms with Crippen LogP contribution in [-0.4, -0.2) is 27.4 Å². The van der Waals surface area contributed by atoms with E-state index < -0.39 is 0 Å². The van der Waals surface area contributed by atoms with Gasteiger partial charge in [0.1, 0.15) is 11.0 Å². The van der Waals surface area contributed by atoms with E-state index in [0.29, 0.717) is 6.04 Å². The molecule has 4 heteroatoms. The van der Waals surface area contributed by atoms with Crippen molar-refractivity contribution in [3.63, 3.8) is 0 Å². The van der Waals surface area contributed by atoms with Crippen molar-refractivity contribution in [2.24, 2.45) is 0 Å². The first-order chi connectivity index (χ1) is 8.81. The van der Waals surface area contributed by atoms with Crippen LogP contribution in [0.5, 0.6) is 0 Å². The molecule has 0 spiro atoms. The predicted octanol–water partition coefficient (Wildman–Crippen LogP) is 3.53. The second-order valence-corrected chi connectivity index (χ2v) is 5.25. The standard InChI is InChI=1S/C14H18ClN3/c1-2-17-9-4-3-7-12(17)14-16-10-11-6-5-8-13(15)18(11)14/h5-6,8,10,12H,2-4,7,9H2,1H3. The van der Waals surface area contributed by atoms with E-state index in [1.54, 1.807) is 0 Å². The second-order valence-electron chi connectivity index (χ2n) is 4.87. The molecule has 0 N–H and O–H groups in total. The zero-order chi connectivity index (χ0) is 12.5. The smallest absolute Gasteiger partial charge is 0.131 e. The molecular weight excluding hydrogens is 246 g/mol. The molecule has 0 aliphatic carbocycles. The van der Waals surface area contributed by atoms with E-state index in [0.717, 1.165) is 23.0 Å². The molecule has 96 valence electrons. The van der Waals surface area contributed by atoms with Crippen LogP contribution in [0.4, 0.5) is 0 Å². The van der Waals surface area contributed by atoms with Crippen molar-refractivity contribution in [2.75, 3.05) is 13.1 Å². The normalized spacial score (nSPS) is 21.6. The second kappa shape index (κ2) is 4.90. The van der Waals surface area contributed by atoms with Gasteiger partial charge in [-0.1, -0.05) is 31.0 Å². The summed E-state index contributed by atoms with van der Waals surface area (Å²) >= 11 is 6.32. The molecule has 2 aromatic heterocycles. The zero-order valence-electron chi connectivity index (χ0n) is 10.6. The summed E-state index contributed by atoms with van der Waals surface area (Å²) in [5, 5.41) is 0.752. The van der Waals surface area contributed by atoms with Crippen molar-refractivity contribution in [3.8, 4) is 0 Å². The summed E-state index contributed by atoms with van der Waals surface area (Å²) in [5.74, 6) is 1.09. The molecule has 1 atom stereocenters. The molecule has 3 heterocycles. The van der Waals surface area contributed by atoms with Gasteiger partial charge < -0.3 is 0 Å². The van der Waals surface area contributed by atoms with E-state index in [1.165, 1.54) is 25.8 Å². The van der Waals surface area contributed by atoms with Crippen molar-refractivity contribution >= 4 is 17.1 Å². The van der Waals surface area contributed by atoms with Gasteiger partial charge in [-0.25, -0.2) is 4.98 Å². The number of hydrogen-bond donors (Lipinski definition) is 0. The van der Waals surface area contributed by atoms with Crippen LogP contribution in [0, 0.1) is 0 Å². The molecule has 2 aromatic rings. The van der Waals surface area contributed by atoms with Crippen molar-refractivity contribution < 1.29 is 0 Å². The number of halogens is 1. The number of pyridine rings is 1. The molecule has 1 saturated heterocycles. The van der Waals surface area contributed by atoms with Gasteiger partial charge in [-0.3, -0.25) is 9.30 Å². The van der Waals surface area contributed by atoms with Crippen molar-refractivity contribution in [2.45, 2.75) is 32.2 Å². The Morgan fingerprint density at radius 1 is 1.39 bits per heavy atom. The summed E-state index contributed by atoms with van der Waals surface area (Å²) in [6.07, 6.45) is 5.67. The molecule has 0 bridgehead atoms. The van der Waals surface area contributed by atoms with Gasteiger partial charge in [0.2, 0.25) is 0 Å². The molecule has 3 rings (SSSR count). The minimum Gasteiger partial charge on any atom is -0.294 e. The zero-order valence-corrected chi connectivity index (χ0v) is 11.4. The maximum Gasteiger partial charge on any atom is 0.131 e. The van der Waals surface area contributed by atoms with Gasteiger partial charge >= 0.3 is 0 Å². The molecule has 0 amide bonds. The number of likely N-dealkylation sites (tertiary alicyclic amines) is 1. The van der Waals surface area contributed by atoms with Crippen LogP contribution in [0.15, 0.2) is 24.4 Å². The maximum atomic E-state index is 6.32. The quantitative estimate of drug-likeness (QED) is 0.773. The maximum absolute atomic E-state index is 6.32. The first-order valence-electron chi connectivity index (χ1n) is 6.67. The molecular formula is C14H18ClN3. The van der Waals surface area contributed by atoms with Gasteiger partial charge in [-0.15, -0.1) is 0 Å². The van der Waals surface area contributed by atoms with Crippen LogP contribution < -0.4 is 0 Å². The van der Waals surface area contributed by atoms with E-state index >= 15 is 0 Å². The number of piperidine rings is 1. The fourth-order valence-electron chi connectivity index (χ4n) is 2.93. The molecule has 1 fully saturated rings. The Hall–Kier alpha value is -1.06. The van der Waals surface area contributed by atoms with E-state index in [4.69, 9.17) is 11.6 Å². The van der Waals surface area contributed by atoms with E-state index in [9.17, 15) is 0 Å². The number of fused-ring (bicyclic) bond motifs is 1. The number of aromatic nitrogens is 2. The third-order valence-electron chi connectivity index (χ3n) is 3.85. The van der Waals surface area contributed by atoms with Crippen LogP contribution in [-0.2, 0) is 0 Å². The lowest BCUT2D eigenvalue weighted by atomic mass is 10.0. The fourth-order valence-corrected chi connectivity index (χ4v) is 3.18. The monoisotopic (exact) mass is 263 g/mol. The number of imidazole rings is 1. The minimum atomic E-state index is 0.408. The van der Waals surface area contributed by atoms with Crippen LogP contribution >= 0.6 is 11.6 Å². The highest BCUT2D eigenvalue weighted by atomic mass is 35.5. The first-order valence-corrected chi connectivity index (χ1v) is 7.05. The van der Waals surface area contributed by atoms with Gasteiger partial charge in [0.05, 0.1) is 17.8 Å². The van der Waals surface area contributed by atoms with E-state index in [-0.39, 0.29) is 0 Å². The topological polar surface area (TPSA) is 20.5 Å². The average Bonchev–Trinajstić information content (AvgIpc) is 2.84. The molecule has 1 aliphatic heterocycles. The Kier molecular flexibility index (Phi) is 3.27. The Balaban J connectivity index is 2.07. The van der Waals surface area contributed by atoms with Crippen molar-refractivity contribution in [1.29, 1.82) is 0 Å². The lowest BCUT2D eigenvalue weighted by Gasteiger charge is -2.34. The molecule has 0 aromatic carbocycles. The van der Waals surface area contributed by atoms with Crippen molar-refractivity contribution in [3.05, 3.63) is 35.4 Å². The lowest BCUT2D eigenvalue weighted by molar-refractivity contribution is 0.149. The first kappa shape index (κ1) is 12.0. The summed E-state index contributed by atoms with van der Waals surface area (Å²) < 4.78 is 2.08. The summed E-state index contributed by atoms with van der Waals surface area (Å²) in [4.78, 5) is 7.12. The van der Waals surface area contributed by atoms with E-state index in [2.05, 4.69) is 27.3 Å². The van der Waals surface area contributed by atoms with Gasteiger partial charge in [-0.2, -0.15) is 0 Å². The Bertz CT molecular complexity index is 549. The average molecular weight is 264 g/mol. The van der Waals surface area contributed by atoms with Gasteiger partial charge in [0, 0.05) is 0 Å². The number of rotatable bonds is 2. The number of hydrogen-bond acceptors (Lipinski definition) is 2. The molecule has 0 saturated carbocycles.